The number of halogens is 1. The van der Waals surface area contributed by atoms with Crippen molar-refractivity contribution in [3.05, 3.63) is 179 Å². The van der Waals surface area contributed by atoms with Crippen molar-refractivity contribution in [2.75, 3.05) is 13.2 Å². The lowest BCUT2D eigenvalue weighted by atomic mass is 9.91. The fourth-order valence-electron chi connectivity index (χ4n) is 8.48. The molecule has 2 N–H and O–H groups in total. The summed E-state index contributed by atoms with van der Waals surface area (Å²) in [6, 6.07) is 46.3. The number of rotatable bonds is 24. The van der Waals surface area contributed by atoms with Crippen LogP contribution in [0.2, 0.25) is 0 Å². The van der Waals surface area contributed by atoms with Crippen molar-refractivity contribution >= 4 is 44.2 Å². The van der Waals surface area contributed by atoms with Gasteiger partial charge in [0.15, 0.2) is 0 Å². The van der Waals surface area contributed by atoms with Crippen LogP contribution in [0, 0.1) is 0 Å². The summed E-state index contributed by atoms with van der Waals surface area (Å²) >= 11 is 1.12. The molecule has 10 nitrogen and oxygen atoms in total. The number of thioether (sulfide) groups is 2. The minimum Gasteiger partial charge on any atom is -0.493 e. The number of hydrogen-bond donors (Lipinski definition) is 2. The van der Waals surface area contributed by atoms with Crippen molar-refractivity contribution in [2.24, 2.45) is 0 Å². The molecule has 2 heterocycles. The second kappa shape index (κ2) is 26.2. The normalized spacial score (nSPS) is 17.2. The Labute approximate surface area is 431 Å². The third kappa shape index (κ3) is 14.8. The zero-order valence-corrected chi connectivity index (χ0v) is 42.8. The van der Waals surface area contributed by atoms with Crippen molar-refractivity contribution < 1.29 is 42.5 Å². The van der Waals surface area contributed by atoms with Gasteiger partial charge in [-0.05, 0) is 160 Å². The van der Waals surface area contributed by atoms with Crippen LogP contribution < -0.4 is 29.6 Å². The molecule has 2 amide bonds. The number of unbranched alkanes of at least 4 members (excludes halogenated alkanes) is 4. The molecule has 6 aromatic rings. The van der Waals surface area contributed by atoms with Crippen molar-refractivity contribution in [1.29, 1.82) is 0 Å². The fraction of sp³-hybridized carbons (Fsp3) is 0.322. The quantitative estimate of drug-likeness (QED) is 0.0447. The number of para-hydroxylation sites is 2. The Hall–Kier alpha value is -6.57. The van der Waals surface area contributed by atoms with Gasteiger partial charge in [0.1, 0.15) is 40.0 Å². The lowest BCUT2D eigenvalue weighted by molar-refractivity contribution is -0.122. The molecule has 0 bridgehead atoms. The molecule has 2 saturated heterocycles. The number of carbonyl (C=O) groups excluding carboxylic acids is 4. The van der Waals surface area contributed by atoms with E-state index in [1.165, 1.54) is 17.2 Å². The number of hydrogen-bond acceptors (Lipinski definition) is 10. The second-order valence-corrected chi connectivity index (χ2v) is 19.9. The van der Waals surface area contributed by atoms with Crippen molar-refractivity contribution in [3.8, 4) is 34.5 Å². The highest BCUT2D eigenvalue weighted by Gasteiger charge is 2.49. The number of benzene rings is 6. The van der Waals surface area contributed by atoms with Crippen LogP contribution in [0.15, 0.2) is 146 Å². The second-order valence-electron chi connectivity index (χ2n) is 18.0. The maximum Gasteiger partial charge on any atom is 0.289 e. The van der Waals surface area contributed by atoms with Crippen LogP contribution in [-0.4, -0.2) is 33.9 Å². The Morgan fingerprint density at radius 1 is 0.472 bits per heavy atom. The van der Waals surface area contributed by atoms with Gasteiger partial charge in [-0.3, -0.25) is 19.2 Å². The van der Waals surface area contributed by atoms with Crippen LogP contribution in [0.4, 0.5) is 14.0 Å². The zero-order chi connectivity index (χ0) is 50.8. The summed E-state index contributed by atoms with van der Waals surface area (Å²) < 4.78 is 39.2. The molecule has 2 atom stereocenters. The fourth-order valence-corrected chi connectivity index (χ4v) is 9.94. The highest BCUT2D eigenvalue weighted by molar-refractivity contribution is 8.27. The number of carbonyl (C=O) groups is 4. The Morgan fingerprint density at radius 3 is 1.40 bits per heavy atom. The molecule has 0 aromatic heterocycles. The third-order valence-electron chi connectivity index (χ3n) is 12.3. The van der Waals surface area contributed by atoms with E-state index < -0.39 is 21.7 Å². The molecule has 0 saturated carbocycles. The van der Waals surface area contributed by atoms with E-state index in [9.17, 15) is 19.2 Å². The standard InChI is InChI=1S/C30H33NO4S.C29H30FNO4S/c1-3-11-23-21-26(35-25-15-7-4-8-16-25)17-18-27(23)34-19-9-5-6-12-22-13-10-14-24(20-22)30(2)28(32)36-29(33)31-30;1-2-10-22-20-25(35-24-14-6-3-7-15-24)16-17-26(22)34-18-8-4-5-11-21-12-9-13-23(19-21)29(30)27(32)36-28(33)31-29/h4,7-8,10,13-18,20-21H,3,5-6,9,11-12,19H2,1-2H3,(H,31,33);3,6-7,9,12-17,19-20H,2,4-5,8,10-11,18H2,1H3,(H,31,33). The molecule has 376 valence electrons. The highest BCUT2D eigenvalue weighted by atomic mass is 32.2. The first-order chi connectivity index (χ1) is 34.9. The molecule has 2 aliphatic heterocycles. The molecular weight excluding hydrogens is 948 g/mol. The highest BCUT2D eigenvalue weighted by Crippen LogP contribution is 2.37. The van der Waals surface area contributed by atoms with Crippen LogP contribution in [0.1, 0.15) is 106 Å². The first-order valence-corrected chi connectivity index (χ1v) is 26.5. The lowest BCUT2D eigenvalue weighted by Crippen LogP contribution is -2.40. The van der Waals surface area contributed by atoms with Gasteiger partial charge in [-0.15, -0.1) is 0 Å². The van der Waals surface area contributed by atoms with Gasteiger partial charge in [0.2, 0.25) is 5.12 Å². The van der Waals surface area contributed by atoms with Gasteiger partial charge >= 0.3 is 0 Å². The summed E-state index contributed by atoms with van der Waals surface area (Å²) in [4.78, 5) is 47.3. The van der Waals surface area contributed by atoms with Gasteiger partial charge in [-0.25, -0.2) is 4.39 Å². The zero-order valence-electron chi connectivity index (χ0n) is 41.2. The Bertz CT molecular complexity index is 2590. The molecule has 8 rings (SSSR count). The number of amides is 2. The Morgan fingerprint density at radius 2 is 0.944 bits per heavy atom. The van der Waals surface area contributed by atoms with E-state index in [0.29, 0.717) is 25.0 Å². The van der Waals surface area contributed by atoms with Crippen LogP contribution in [-0.2, 0) is 46.6 Å². The minimum atomic E-state index is -2.44. The maximum absolute atomic E-state index is 15.0. The number of nitrogens with one attached hydrogen (secondary N) is 2. The van der Waals surface area contributed by atoms with Crippen molar-refractivity contribution in [2.45, 2.75) is 109 Å². The van der Waals surface area contributed by atoms with Gasteiger partial charge in [0.25, 0.3) is 21.4 Å². The van der Waals surface area contributed by atoms with Crippen LogP contribution in [0.3, 0.4) is 0 Å². The number of alkyl halides is 1. The summed E-state index contributed by atoms with van der Waals surface area (Å²) in [5.74, 6) is 2.63. The molecule has 2 unspecified atom stereocenters. The summed E-state index contributed by atoms with van der Waals surface area (Å²) in [5, 5.41) is 3.03. The average molecular weight is 1010 g/mol. The monoisotopic (exact) mass is 1010 g/mol. The van der Waals surface area contributed by atoms with Crippen LogP contribution >= 0.6 is 23.5 Å². The molecular formula is C59H63FN2O8S2. The van der Waals surface area contributed by atoms with Gasteiger partial charge in [-0.1, -0.05) is 112 Å². The molecule has 0 aliphatic carbocycles. The van der Waals surface area contributed by atoms with E-state index in [-0.39, 0.29) is 15.9 Å². The topological polar surface area (TPSA) is 129 Å². The molecule has 0 radical (unpaired) electrons. The summed E-state index contributed by atoms with van der Waals surface area (Å²) in [6.07, 6.45) is 11.4. The third-order valence-corrected chi connectivity index (χ3v) is 13.9. The molecule has 72 heavy (non-hydrogen) atoms. The minimum absolute atomic E-state index is 0.149. The van der Waals surface area contributed by atoms with E-state index in [2.05, 4.69) is 36.6 Å². The van der Waals surface area contributed by atoms with E-state index in [0.717, 1.165) is 140 Å². The SMILES string of the molecule is CCCc1cc(Oc2ccccc2)ccc1OCCCCCc1cccc(C2(C)NC(=O)SC2=O)c1.CCCc1cc(Oc2ccccc2)ccc1OCCCCCc1cccc(C2(F)NC(=O)SC2=O)c1. The van der Waals surface area contributed by atoms with Gasteiger partial charge in [0, 0.05) is 29.1 Å². The Balaban J connectivity index is 0.000000211. The van der Waals surface area contributed by atoms with Crippen molar-refractivity contribution in [1.82, 2.24) is 10.6 Å². The summed E-state index contributed by atoms with van der Waals surface area (Å²) in [6.45, 7) is 7.37. The van der Waals surface area contributed by atoms with Crippen molar-refractivity contribution in [3.63, 3.8) is 0 Å². The summed E-state index contributed by atoms with van der Waals surface area (Å²) in [5.41, 5.74) is 4.49. The lowest BCUT2D eigenvalue weighted by Gasteiger charge is -2.22. The molecule has 6 aromatic carbocycles. The van der Waals surface area contributed by atoms with E-state index in [1.807, 2.05) is 115 Å². The van der Waals surface area contributed by atoms with Gasteiger partial charge in [-0.2, -0.15) is 0 Å². The first kappa shape index (κ1) is 53.2. The van der Waals surface area contributed by atoms with Gasteiger partial charge in [0.05, 0.1) is 13.2 Å². The number of ether oxygens (including phenoxy) is 4. The molecule has 2 fully saturated rings. The largest absolute Gasteiger partial charge is 0.493 e. The van der Waals surface area contributed by atoms with E-state index in [1.54, 1.807) is 19.1 Å². The maximum atomic E-state index is 15.0. The predicted octanol–water partition coefficient (Wildman–Crippen LogP) is 14.7. The predicted molar refractivity (Wildman–Crippen MR) is 285 cm³/mol. The molecule has 2 aliphatic rings. The van der Waals surface area contributed by atoms with Crippen LogP contribution in [0.25, 0.3) is 0 Å². The number of aryl methyl sites for hydroxylation is 4. The first-order valence-electron chi connectivity index (χ1n) is 24.9. The van der Waals surface area contributed by atoms with E-state index >= 15 is 4.39 Å². The van der Waals surface area contributed by atoms with E-state index in [4.69, 9.17) is 18.9 Å². The summed E-state index contributed by atoms with van der Waals surface area (Å²) in [7, 11) is 0. The molecule has 13 heteroatoms. The van der Waals surface area contributed by atoms with Crippen LogP contribution in [0.5, 0.6) is 34.5 Å². The average Bonchev–Trinajstić information content (AvgIpc) is 3.82. The Kier molecular flexibility index (Phi) is 19.4. The smallest absolute Gasteiger partial charge is 0.289 e. The molecule has 0 spiro atoms. The van der Waals surface area contributed by atoms with Gasteiger partial charge < -0.3 is 29.6 Å².